The molecule has 5 nitrogen and oxygen atoms in total. The summed E-state index contributed by atoms with van der Waals surface area (Å²) in [7, 11) is 0. The number of carbonyl (C=O) groups is 2. The Hall–Kier alpha value is -2.18. The monoisotopic (exact) mass is 329 g/mol. The van der Waals surface area contributed by atoms with Crippen molar-refractivity contribution < 1.29 is 28.2 Å². The van der Waals surface area contributed by atoms with E-state index in [0.29, 0.717) is 5.56 Å². The van der Waals surface area contributed by atoms with Gasteiger partial charge in [-0.3, -0.25) is 4.79 Å². The third kappa shape index (κ3) is 8.13. The summed E-state index contributed by atoms with van der Waals surface area (Å²) in [5, 5.41) is 11.3. The van der Waals surface area contributed by atoms with Crippen molar-refractivity contribution in [2.45, 2.75) is 51.7 Å². The molecular weight excluding hydrogens is 308 g/mol. The first kappa shape index (κ1) is 18.9. The van der Waals surface area contributed by atoms with E-state index in [0.717, 1.165) is 18.2 Å². The molecule has 0 unspecified atom stereocenters. The van der Waals surface area contributed by atoms with Crippen molar-refractivity contribution >= 4 is 12.1 Å². The van der Waals surface area contributed by atoms with Crippen LogP contribution in [0.1, 0.15) is 39.2 Å². The molecule has 0 aliphatic carbocycles. The standard InChI is InChI=1S/C16H21F2NO4/c1-16(2,3)23-15(22)19-13(4-5-14(20)21)8-10-6-11(17)9-12(18)7-10/h6-7,9,13H,4-5,8H2,1-3H3,(H,19,22)(H,20,21)/t13-/m1/s1. The van der Waals surface area contributed by atoms with E-state index in [-0.39, 0.29) is 19.3 Å². The zero-order valence-corrected chi connectivity index (χ0v) is 13.4. The lowest BCUT2D eigenvalue weighted by Crippen LogP contribution is -2.40. The number of alkyl carbamates (subject to hydrolysis) is 1. The SMILES string of the molecule is CC(C)(C)OC(=O)N[C@H](CCC(=O)O)Cc1cc(F)cc(F)c1. The van der Waals surface area contributed by atoms with E-state index in [4.69, 9.17) is 9.84 Å². The Morgan fingerprint density at radius 3 is 2.26 bits per heavy atom. The summed E-state index contributed by atoms with van der Waals surface area (Å²) in [6.07, 6.45) is -0.670. The molecule has 7 heteroatoms. The number of aliphatic carboxylic acids is 1. The van der Waals surface area contributed by atoms with Crippen LogP contribution in [0.3, 0.4) is 0 Å². The van der Waals surface area contributed by atoms with Crippen LogP contribution in [0.2, 0.25) is 0 Å². The average Bonchev–Trinajstić information content (AvgIpc) is 2.32. The zero-order chi connectivity index (χ0) is 17.6. The van der Waals surface area contributed by atoms with E-state index in [1.165, 1.54) is 0 Å². The van der Waals surface area contributed by atoms with Gasteiger partial charge in [0.2, 0.25) is 0 Å². The maximum atomic E-state index is 13.2. The number of amides is 1. The predicted molar refractivity (Wildman–Crippen MR) is 80.1 cm³/mol. The van der Waals surface area contributed by atoms with Crippen molar-refractivity contribution in [3.8, 4) is 0 Å². The van der Waals surface area contributed by atoms with Crippen LogP contribution in [0.4, 0.5) is 13.6 Å². The zero-order valence-electron chi connectivity index (χ0n) is 13.4. The van der Waals surface area contributed by atoms with Crippen LogP contribution < -0.4 is 5.32 Å². The van der Waals surface area contributed by atoms with E-state index >= 15 is 0 Å². The topological polar surface area (TPSA) is 75.6 Å². The Bertz CT molecular complexity index is 549. The molecule has 0 bridgehead atoms. The minimum Gasteiger partial charge on any atom is -0.481 e. The molecule has 0 heterocycles. The number of ether oxygens (including phenoxy) is 1. The number of nitrogens with one attached hydrogen (secondary N) is 1. The predicted octanol–water partition coefficient (Wildman–Crippen LogP) is 3.27. The smallest absolute Gasteiger partial charge is 0.407 e. The lowest BCUT2D eigenvalue weighted by molar-refractivity contribution is -0.137. The molecule has 0 aliphatic rings. The molecule has 0 spiro atoms. The molecule has 0 radical (unpaired) electrons. The molecular formula is C16H21F2NO4. The summed E-state index contributed by atoms with van der Waals surface area (Å²) < 4.78 is 31.6. The fourth-order valence-electron chi connectivity index (χ4n) is 2.01. The highest BCUT2D eigenvalue weighted by atomic mass is 19.1. The maximum Gasteiger partial charge on any atom is 0.407 e. The van der Waals surface area contributed by atoms with Gasteiger partial charge < -0.3 is 15.2 Å². The van der Waals surface area contributed by atoms with E-state index < -0.39 is 35.3 Å². The second-order valence-electron chi connectivity index (χ2n) is 6.26. The van der Waals surface area contributed by atoms with Gasteiger partial charge in [-0.2, -0.15) is 0 Å². The average molecular weight is 329 g/mol. The van der Waals surface area contributed by atoms with Gasteiger partial charge in [-0.1, -0.05) is 0 Å². The number of benzene rings is 1. The van der Waals surface area contributed by atoms with Gasteiger partial charge in [0.1, 0.15) is 17.2 Å². The lowest BCUT2D eigenvalue weighted by Gasteiger charge is -2.23. The third-order valence-electron chi connectivity index (χ3n) is 2.83. The summed E-state index contributed by atoms with van der Waals surface area (Å²) in [4.78, 5) is 22.5. The van der Waals surface area contributed by atoms with Crippen LogP contribution in [0.5, 0.6) is 0 Å². The van der Waals surface area contributed by atoms with Crippen molar-refractivity contribution in [1.82, 2.24) is 5.32 Å². The Kier molecular flexibility index (Phi) is 6.48. The van der Waals surface area contributed by atoms with Crippen LogP contribution >= 0.6 is 0 Å². The van der Waals surface area contributed by atoms with Gasteiger partial charge in [0, 0.05) is 18.5 Å². The fourth-order valence-corrected chi connectivity index (χ4v) is 2.01. The van der Waals surface area contributed by atoms with Crippen molar-refractivity contribution in [2.75, 3.05) is 0 Å². The first-order chi connectivity index (χ1) is 10.5. The molecule has 0 saturated heterocycles. The van der Waals surface area contributed by atoms with Gasteiger partial charge in [0.25, 0.3) is 0 Å². The highest BCUT2D eigenvalue weighted by Gasteiger charge is 2.20. The van der Waals surface area contributed by atoms with Gasteiger partial charge in [0.15, 0.2) is 0 Å². The van der Waals surface area contributed by atoms with Crippen LogP contribution in [0.25, 0.3) is 0 Å². The first-order valence-corrected chi connectivity index (χ1v) is 7.21. The molecule has 0 aliphatic heterocycles. The van der Waals surface area contributed by atoms with E-state index in [2.05, 4.69) is 5.32 Å². The van der Waals surface area contributed by atoms with Crippen LogP contribution in [0.15, 0.2) is 18.2 Å². The Balaban J connectivity index is 2.78. The van der Waals surface area contributed by atoms with E-state index in [1.807, 2.05) is 0 Å². The number of hydrogen-bond donors (Lipinski definition) is 2. The van der Waals surface area contributed by atoms with E-state index in [9.17, 15) is 18.4 Å². The number of carbonyl (C=O) groups excluding carboxylic acids is 1. The number of halogens is 2. The second-order valence-corrected chi connectivity index (χ2v) is 6.26. The molecule has 1 aromatic rings. The quantitative estimate of drug-likeness (QED) is 0.840. The van der Waals surface area contributed by atoms with Gasteiger partial charge in [-0.05, 0) is 51.3 Å². The van der Waals surface area contributed by atoms with Crippen LogP contribution in [0, 0.1) is 11.6 Å². The minimum absolute atomic E-state index is 0.0984. The molecule has 1 aromatic carbocycles. The summed E-state index contributed by atoms with van der Waals surface area (Å²) in [6.45, 7) is 5.09. The molecule has 1 atom stereocenters. The molecule has 0 aromatic heterocycles. The number of carboxylic acids is 1. The summed E-state index contributed by atoms with van der Waals surface area (Å²) >= 11 is 0. The van der Waals surface area contributed by atoms with Gasteiger partial charge >= 0.3 is 12.1 Å². The summed E-state index contributed by atoms with van der Waals surface area (Å²) in [6, 6.07) is 2.43. The molecule has 1 amide bonds. The minimum atomic E-state index is -1.02. The molecule has 23 heavy (non-hydrogen) atoms. The second kappa shape index (κ2) is 7.89. The third-order valence-corrected chi connectivity index (χ3v) is 2.83. The maximum absolute atomic E-state index is 13.2. The van der Waals surface area contributed by atoms with Crippen molar-refractivity contribution in [3.63, 3.8) is 0 Å². The summed E-state index contributed by atoms with van der Waals surface area (Å²) in [5.41, 5.74) is -0.374. The fraction of sp³-hybridized carbons (Fsp3) is 0.500. The van der Waals surface area contributed by atoms with Gasteiger partial charge in [-0.15, -0.1) is 0 Å². The van der Waals surface area contributed by atoms with Crippen LogP contribution in [-0.4, -0.2) is 28.8 Å². The van der Waals surface area contributed by atoms with Gasteiger partial charge in [0.05, 0.1) is 0 Å². The highest BCUT2D eigenvalue weighted by molar-refractivity contribution is 5.69. The van der Waals surface area contributed by atoms with Crippen molar-refractivity contribution in [2.24, 2.45) is 0 Å². The Morgan fingerprint density at radius 1 is 1.22 bits per heavy atom. The largest absolute Gasteiger partial charge is 0.481 e. The van der Waals surface area contributed by atoms with Gasteiger partial charge in [-0.25, -0.2) is 13.6 Å². The number of hydrogen-bond acceptors (Lipinski definition) is 3. The van der Waals surface area contributed by atoms with Crippen molar-refractivity contribution in [3.05, 3.63) is 35.4 Å². The molecule has 128 valence electrons. The molecule has 2 N–H and O–H groups in total. The molecule has 0 saturated carbocycles. The van der Waals surface area contributed by atoms with Crippen LogP contribution in [-0.2, 0) is 16.0 Å². The number of rotatable bonds is 6. The molecule has 0 fully saturated rings. The van der Waals surface area contributed by atoms with E-state index in [1.54, 1.807) is 20.8 Å². The Morgan fingerprint density at radius 2 is 1.78 bits per heavy atom. The number of carboxylic acid groups (broad SMARTS) is 1. The normalized spacial score (nSPS) is 12.6. The summed E-state index contributed by atoms with van der Waals surface area (Å²) in [5.74, 6) is -2.48. The molecule has 1 rings (SSSR count). The first-order valence-electron chi connectivity index (χ1n) is 7.21. The van der Waals surface area contributed by atoms with Crippen molar-refractivity contribution in [1.29, 1.82) is 0 Å². The lowest BCUT2D eigenvalue weighted by atomic mass is 10.0. The highest BCUT2D eigenvalue weighted by Crippen LogP contribution is 2.14. The Labute approximate surface area is 133 Å².